The molecule has 1 atom stereocenters. The molecular formula is C42H35N3OSi+2. The van der Waals surface area contributed by atoms with Crippen LogP contribution in [0.2, 0.25) is 19.6 Å². The molecule has 4 nitrogen and oxygen atoms in total. The molecular weight excluding hydrogens is 591 g/mol. The van der Waals surface area contributed by atoms with Crippen molar-refractivity contribution in [1.29, 1.82) is 0 Å². The van der Waals surface area contributed by atoms with Gasteiger partial charge in [-0.2, -0.15) is 4.57 Å². The van der Waals surface area contributed by atoms with Crippen molar-refractivity contribution in [3.63, 3.8) is 0 Å². The first-order chi connectivity index (χ1) is 22.8. The lowest BCUT2D eigenvalue weighted by Gasteiger charge is -2.23. The average Bonchev–Trinajstić information content (AvgIpc) is 3.77. The smallest absolute Gasteiger partial charge is 0.364 e. The van der Waals surface area contributed by atoms with Crippen molar-refractivity contribution in [1.82, 2.24) is 4.57 Å². The third kappa shape index (κ3) is 3.27. The summed E-state index contributed by atoms with van der Waals surface area (Å²) in [6, 6.07) is 42.3. The van der Waals surface area contributed by atoms with Crippen LogP contribution < -0.4 is 14.3 Å². The minimum absolute atomic E-state index is 0.656. The van der Waals surface area contributed by atoms with Gasteiger partial charge in [-0.15, -0.1) is 9.13 Å². The zero-order valence-corrected chi connectivity index (χ0v) is 28.3. The van der Waals surface area contributed by atoms with E-state index in [1.807, 2.05) is 0 Å². The summed E-state index contributed by atoms with van der Waals surface area (Å²) in [5.74, 6) is 1.14. The minimum Gasteiger partial charge on any atom is -0.455 e. The maximum atomic E-state index is 6.91. The van der Waals surface area contributed by atoms with Gasteiger partial charge in [0.1, 0.15) is 16.8 Å². The fraction of sp³-hybridized carbons (Fsp3) is 0.143. The molecule has 5 heterocycles. The summed E-state index contributed by atoms with van der Waals surface area (Å²) in [6.45, 7) is 11.9. The fourth-order valence-corrected chi connectivity index (χ4v) is 10.5. The summed E-state index contributed by atoms with van der Waals surface area (Å²) in [5, 5.41) is 3.78. The van der Waals surface area contributed by atoms with Gasteiger partial charge in [0.05, 0.1) is 24.8 Å². The van der Waals surface area contributed by atoms with Gasteiger partial charge >= 0.3 is 11.5 Å². The Labute approximate surface area is 274 Å². The van der Waals surface area contributed by atoms with Gasteiger partial charge in [-0.1, -0.05) is 79.8 Å². The van der Waals surface area contributed by atoms with E-state index in [2.05, 4.69) is 169 Å². The summed E-state index contributed by atoms with van der Waals surface area (Å²) in [7, 11) is -1.71. The van der Waals surface area contributed by atoms with Crippen LogP contribution >= 0.6 is 0 Å². The van der Waals surface area contributed by atoms with Gasteiger partial charge < -0.3 is 4.42 Å². The normalized spacial score (nSPS) is 16.3. The molecule has 47 heavy (non-hydrogen) atoms. The quantitative estimate of drug-likeness (QED) is 0.140. The first kappa shape index (κ1) is 26.9. The second-order valence-corrected chi connectivity index (χ2v) is 19.4. The molecule has 5 aromatic carbocycles. The molecule has 226 valence electrons. The van der Waals surface area contributed by atoms with Crippen molar-refractivity contribution in [3.8, 4) is 28.3 Å². The molecule has 8 aromatic rings. The van der Waals surface area contributed by atoms with Crippen molar-refractivity contribution in [3.05, 3.63) is 144 Å². The maximum absolute atomic E-state index is 6.91. The molecule has 2 aliphatic heterocycles. The number of nitrogens with zero attached hydrogens (tertiary/aromatic N) is 3. The predicted molar refractivity (Wildman–Crippen MR) is 192 cm³/mol. The number of furan rings is 1. The van der Waals surface area contributed by atoms with Crippen molar-refractivity contribution < 1.29 is 13.6 Å². The highest BCUT2D eigenvalue weighted by Gasteiger charge is 2.67. The molecule has 3 aromatic heterocycles. The Morgan fingerprint density at radius 1 is 0.723 bits per heavy atom. The van der Waals surface area contributed by atoms with Crippen LogP contribution in [0, 0.1) is 13.8 Å². The van der Waals surface area contributed by atoms with E-state index in [1.54, 1.807) is 0 Å². The van der Waals surface area contributed by atoms with Gasteiger partial charge in [-0.25, -0.2) is 0 Å². The number of aromatic nitrogens is 3. The van der Waals surface area contributed by atoms with Gasteiger partial charge in [0.2, 0.25) is 5.69 Å². The van der Waals surface area contributed by atoms with E-state index in [0.717, 1.165) is 39.0 Å². The zero-order valence-electron chi connectivity index (χ0n) is 27.3. The van der Waals surface area contributed by atoms with Crippen LogP contribution in [0.4, 0.5) is 0 Å². The van der Waals surface area contributed by atoms with Crippen LogP contribution in [0.1, 0.15) is 22.3 Å². The van der Waals surface area contributed by atoms with Gasteiger partial charge in [0.15, 0.2) is 22.8 Å². The Kier molecular flexibility index (Phi) is 5.13. The summed E-state index contributed by atoms with van der Waals surface area (Å²) in [5.41, 5.74) is 13.6. The average molecular weight is 626 g/mol. The Morgan fingerprint density at radius 2 is 1.49 bits per heavy atom. The first-order valence-corrected chi connectivity index (χ1v) is 20.0. The minimum atomic E-state index is -1.71. The predicted octanol–water partition coefficient (Wildman–Crippen LogP) is 8.53. The molecule has 0 amide bonds. The number of para-hydroxylation sites is 4. The highest BCUT2D eigenvalue weighted by atomic mass is 28.3. The van der Waals surface area contributed by atoms with Crippen molar-refractivity contribution in [2.45, 2.75) is 39.2 Å². The molecule has 10 rings (SSSR count). The van der Waals surface area contributed by atoms with E-state index in [-0.39, 0.29) is 0 Å². The SMILES string of the molecule is Cc1ccc2c(c1)C1(c3ccc4c(oc5ccccc54)c3-c3n(-c4ccccc4)c4ccccc4[n+]31)[n+]1cc([Si](C)(C)C)c(C)cc1-2. The van der Waals surface area contributed by atoms with E-state index < -0.39 is 13.7 Å². The Morgan fingerprint density at radius 3 is 2.32 bits per heavy atom. The van der Waals surface area contributed by atoms with Crippen LogP contribution in [0.25, 0.3) is 61.3 Å². The number of hydrogen-bond donors (Lipinski definition) is 0. The summed E-state index contributed by atoms with van der Waals surface area (Å²) in [4.78, 5) is 0. The van der Waals surface area contributed by atoms with Gasteiger partial charge in [0, 0.05) is 22.0 Å². The molecule has 1 spiro atoms. The van der Waals surface area contributed by atoms with Crippen LogP contribution in [0.5, 0.6) is 0 Å². The molecule has 2 aliphatic rings. The lowest BCUT2D eigenvalue weighted by atomic mass is 9.88. The fourth-order valence-electron chi connectivity index (χ4n) is 8.70. The molecule has 0 aliphatic carbocycles. The number of benzene rings is 5. The number of rotatable bonds is 2. The van der Waals surface area contributed by atoms with Crippen LogP contribution in [0.15, 0.2) is 126 Å². The number of aryl methyl sites for hydroxylation is 2. The number of hydrogen-bond acceptors (Lipinski definition) is 1. The second-order valence-electron chi connectivity index (χ2n) is 14.4. The third-order valence-corrected chi connectivity index (χ3v) is 12.7. The molecule has 5 heteroatoms. The van der Waals surface area contributed by atoms with Crippen molar-refractivity contribution in [2.24, 2.45) is 0 Å². The van der Waals surface area contributed by atoms with Crippen molar-refractivity contribution in [2.75, 3.05) is 0 Å². The lowest BCUT2D eigenvalue weighted by Crippen LogP contribution is -2.72. The van der Waals surface area contributed by atoms with Crippen molar-refractivity contribution >= 4 is 46.2 Å². The van der Waals surface area contributed by atoms with Crippen LogP contribution in [0.3, 0.4) is 0 Å². The second kappa shape index (κ2) is 8.96. The Hall–Kier alpha value is -5.26. The Balaban J connectivity index is 1.50. The van der Waals surface area contributed by atoms with Crippen LogP contribution in [-0.2, 0) is 5.66 Å². The molecule has 0 saturated heterocycles. The van der Waals surface area contributed by atoms with Gasteiger partial charge in [-0.3, -0.25) is 0 Å². The maximum Gasteiger partial charge on any atom is 0.364 e. The van der Waals surface area contributed by atoms with E-state index in [9.17, 15) is 0 Å². The highest BCUT2D eigenvalue weighted by molar-refractivity contribution is 6.88. The number of fused-ring (bicyclic) bond motifs is 16. The topological polar surface area (TPSA) is 25.8 Å². The highest BCUT2D eigenvalue weighted by Crippen LogP contribution is 2.52. The monoisotopic (exact) mass is 625 g/mol. The molecule has 1 unspecified atom stereocenters. The number of pyridine rings is 1. The van der Waals surface area contributed by atoms with Gasteiger partial charge in [0.25, 0.3) is 0 Å². The molecule has 0 saturated carbocycles. The molecule has 0 radical (unpaired) electrons. The molecule has 0 bridgehead atoms. The van der Waals surface area contributed by atoms with E-state index in [4.69, 9.17) is 4.42 Å². The number of imidazole rings is 1. The first-order valence-electron chi connectivity index (χ1n) is 16.5. The third-order valence-electron chi connectivity index (χ3n) is 10.6. The van der Waals surface area contributed by atoms with Crippen LogP contribution in [-0.4, -0.2) is 12.6 Å². The summed E-state index contributed by atoms with van der Waals surface area (Å²) >= 11 is 0. The van der Waals surface area contributed by atoms with E-state index in [1.165, 1.54) is 49.7 Å². The summed E-state index contributed by atoms with van der Waals surface area (Å²) < 4.78 is 14.6. The standard InChI is InChI=1S/C42H35N3OSi/c1-26-19-20-31-33(23-26)42(43-25-38(47(3,4)5)27(2)24-36(31)43)32-22-21-30-29-15-9-12-18-37(29)46-40(30)39(32)41-44(28-13-7-6-8-14-28)34-16-10-11-17-35(34)45(41)42/h6-25H,1-5H3/q+2. The van der Waals surface area contributed by atoms with E-state index >= 15 is 0 Å². The van der Waals surface area contributed by atoms with Gasteiger partial charge in [-0.05, 0) is 74.0 Å². The molecule has 0 N–H and O–H groups in total. The molecule has 0 fully saturated rings. The zero-order chi connectivity index (χ0) is 31.8. The largest absolute Gasteiger partial charge is 0.455 e. The summed E-state index contributed by atoms with van der Waals surface area (Å²) in [6.07, 6.45) is 2.51. The van der Waals surface area contributed by atoms with E-state index in [0.29, 0.717) is 0 Å². The Bertz CT molecular complexity index is 2640. The lowest BCUT2D eigenvalue weighted by molar-refractivity contribution is -0.944.